The topological polar surface area (TPSA) is 75.1 Å². The Bertz CT molecular complexity index is 617. The highest BCUT2D eigenvalue weighted by Crippen LogP contribution is 2.23. The number of rotatable bonds is 4. The number of aromatic carboxylic acids is 1. The predicted octanol–water partition coefficient (Wildman–Crippen LogP) is 2.75. The number of aromatic nitrogens is 2. The van der Waals surface area contributed by atoms with Crippen molar-refractivity contribution in [1.29, 1.82) is 0 Å². The molecule has 0 radical (unpaired) electrons. The molecule has 0 spiro atoms. The molecule has 0 atom stereocenters. The number of hydrogen-bond donors (Lipinski definition) is 2. The molecular formula is C13H12ClN3O2. The lowest BCUT2D eigenvalue weighted by Gasteiger charge is -2.08. The van der Waals surface area contributed by atoms with Gasteiger partial charge in [-0.1, -0.05) is 11.6 Å². The third kappa shape index (κ3) is 3.42. The summed E-state index contributed by atoms with van der Waals surface area (Å²) in [6.07, 6.45) is 1.69. The van der Waals surface area contributed by atoms with Gasteiger partial charge in [0.1, 0.15) is 5.82 Å². The van der Waals surface area contributed by atoms with E-state index in [9.17, 15) is 4.79 Å². The summed E-state index contributed by atoms with van der Waals surface area (Å²) in [5, 5.41) is 12.3. The van der Waals surface area contributed by atoms with E-state index in [1.54, 1.807) is 18.3 Å². The lowest BCUT2D eigenvalue weighted by molar-refractivity contribution is 0.0697. The van der Waals surface area contributed by atoms with Gasteiger partial charge in [-0.05, 0) is 31.2 Å². The number of anilines is 1. The molecule has 0 saturated carbocycles. The fourth-order valence-corrected chi connectivity index (χ4v) is 1.83. The molecule has 6 heteroatoms. The lowest BCUT2D eigenvalue weighted by Crippen LogP contribution is -2.04. The van der Waals surface area contributed by atoms with Gasteiger partial charge in [0, 0.05) is 6.20 Å². The van der Waals surface area contributed by atoms with Crippen LogP contribution in [0.5, 0.6) is 0 Å². The Hall–Kier alpha value is -2.14. The van der Waals surface area contributed by atoms with E-state index in [4.69, 9.17) is 16.7 Å². The van der Waals surface area contributed by atoms with Crippen molar-refractivity contribution in [3.05, 3.63) is 52.6 Å². The summed E-state index contributed by atoms with van der Waals surface area (Å²) in [5.41, 5.74) is 1.67. The van der Waals surface area contributed by atoms with E-state index in [2.05, 4.69) is 15.3 Å². The van der Waals surface area contributed by atoms with Crippen molar-refractivity contribution in [3.8, 4) is 0 Å². The molecule has 1 aromatic heterocycles. The largest absolute Gasteiger partial charge is 0.478 e. The minimum Gasteiger partial charge on any atom is -0.478 e. The number of benzene rings is 1. The monoisotopic (exact) mass is 277 g/mol. The molecule has 2 aromatic rings. The third-order valence-corrected chi connectivity index (χ3v) is 2.82. The number of halogens is 1. The van der Waals surface area contributed by atoms with Gasteiger partial charge in [0.2, 0.25) is 0 Å². The number of carboxylic acids is 1. The molecule has 0 bridgehead atoms. The molecule has 5 nitrogen and oxygen atoms in total. The van der Waals surface area contributed by atoms with Crippen LogP contribution in [0.2, 0.25) is 5.02 Å². The van der Waals surface area contributed by atoms with Gasteiger partial charge in [-0.15, -0.1) is 0 Å². The number of nitrogens with one attached hydrogen (secondary N) is 1. The van der Waals surface area contributed by atoms with Crippen LogP contribution < -0.4 is 5.32 Å². The summed E-state index contributed by atoms with van der Waals surface area (Å²) >= 11 is 6.01. The zero-order valence-corrected chi connectivity index (χ0v) is 11.0. The number of carboxylic acid groups (broad SMARTS) is 1. The van der Waals surface area contributed by atoms with Crippen molar-refractivity contribution in [3.63, 3.8) is 0 Å². The highest BCUT2D eigenvalue weighted by molar-refractivity contribution is 6.33. The molecule has 0 saturated heterocycles. The first-order chi connectivity index (χ1) is 9.06. The van der Waals surface area contributed by atoms with Gasteiger partial charge >= 0.3 is 5.97 Å². The maximum Gasteiger partial charge on any atom is 0.335 e. The Morgan fingerprint density at radius 2 is 2.21 bits per heavy atom. The highest BCUT2D eigenvalue weighted by Gasteiger charge is 2.07. The molecule has 0 aliphatic rings. The minimum atomic E-state index is -1.00. The van der Waals surface area contributed by atoms with Gasteiger partial charge in [-0.25, -0.2) is 14.8 Å². The fraction of sp³-hybridized carbons (Fsp3) is 0.154. The molecule has 1 aromatic carbocycles. The second-order valence-corrected chi connectivity index (χ2v) is 4.36. The molecule has 2 rings (SSSR count). The van der Waals surface area contributed by atoms with Crippen LogP contribution in [0.1, 0.15) is 21.9 Å². The van der Waals surface area contributed by atoms with Crippen molar-refractivity contribution < 1.29 is 9.90 Å². The summed E-state index contributed by atoms with van der Waals surface area (Å²) < 4.78 is 0. The Morgan fingerprint density at radius 3 is 2.84 bits per heavy atom. The van der Waals surface area contributed by atoms with Gasteiger partial charge in [-0.2, -0.15) is 0 Å². The number of carbonyl (C=O) groups is 1. The summed E-state index contributed by atoms with van der Waals surface area (Å²) in [6, 6.07) is 6.36. The van der Waals surface area contributed by atoms with E-state index in [-0.39, 0.29) is 5.56 Å². The van der Waals surface area contributed by atoms with Gasteiger partial charge in [0.15, 0.2) is 0 Å². The first-order valence-electron chi connectivity index (χ1n) is 5.61. The summed E-state index contributed by atoms with van der Waals surface area (Å²) in [6.45, 7) is 2.31. The van der Waals surface area contributed by atoms with Gasteiger partial charge < -0.3 is 10.4 Å². The Labute approximate surface area is 115 Å². The van der Waals surface area contributed by atoms with Crippen molar-refractivity contribution in [2.45, 2.75) is 13.5 Å². The third-order valence-electron chi connectivity index (χ3n) is 2.51. The zero-order valence-electron chi connectivity index (χ0n) is 10.2. The summed E-state index contributed by atoms with van der Waals surface area (Å²) in [4.78, 5) is 19.1. The van der Waals surface area contributed by atoms with Crippen LogP contribution in [0.25, 0.3) is 0 Å². The first kappa shape index (κ1) is 13.3. The van der Waals surface area contributed by atoms with Crippen molar-refractivity contribution >= 4 is 23.3 Å². The predicted molar refractivity (Wildman–Crippen MR) is 72.5 cm³/mol. The van der Waals surface area contributed by atoms with Crippen LogP contribution in [0.4, 0.5) is 5.69 Å². The standard InChI is InChI=1S/C13H12ClN3O2/c1-8-15-5-4-10(17-8)7-16-12-3-2-9(13(18)19)6-11(12)14/h2-6,16H,7H2,1H3,(H,18,19). The van der Waals surface area contributed by atoms with Crippen LogP contribution in [-0.2, 0) is 6.54 Å². The van der Waals surface area contributed by atoms with E-state index in [1.165, 1.54) is 12.1 Å². The molecule has 0 unspecified atom stereocenters. The Morgan fingerprint density at radius 1 is 1.42 bits per heavy atom. The van der Waals surface area contributed by atoms with Crippen molar-refractivity contribution in [2.75, 3.05) is 5.32 Å². The minimum absolute atomic E-state index is 0.161. The zero-order chi connectivity index (χ0) is 13.8. The van der Waals surface area contributed by atoms with E-state index in [0.717, 1.165) is 5.69 Å². The number of aryl methyl sites for hydroxylation is 1. The normalized spacial score (nSPS) is 10.2. The van der Waals surface area contributed by atoms with Crippen molar-refractivity contribution in [2.24, 2.45) is 0 Å². The molecule has 0 aliphatic carbocycles. The quantitative estimate of drug-likeness (QED) is 0.899. The van der Waals surface area contributed by atoms with Gasteiger partial charge in [0.05, 0.1) is 28.5 Å². The maximum atomic E-state index is 10.8. The summed E-state index contributed by atoms with van der Waals surface area (Å²) in [5.74, 6) is -0.300. The van der Waals surface area contributed by atoms with Crippen LogP contribution >= 0.6 is 11.6 Å². The second kappa shape index (κ2) is 5.67. The Balaban J connectivity index is 2.10. The molecule has 1 heterocycles. The maximum absolute atomic E-state index is 10.8. The molecule has 2 N–H and O–H groups in total. The SMILES string of the molecule is Cc1nccc(CNc2ccc(C(=O)O)cc2Cl)n1. The smallest absolute Gasteiger partial charge is 0.335 e. The molecule has 19 heavy (non-hydrogen) atoms. The van der Waals surface area contributed by atoms with Crippen LogP contribution in [0, 0.1) is 6.92 Å². The molecule has 0 aliphatic heterocycles. The average Bonchev–Trinajstić information content (AvgIpc) is 2.37. The number of hydrogen-bond acceptors (Lipinski definition) is 4. The van der Waals surface area contributed by atoms with Crippen molar-refractivity contribution in [1.82, 2.24) is 9.97 Å². The lowest BCUT2D eigenvalue weighted by atomic mass is 10.2. The van der Waals surface area contributed by atoms with Gasteiger partial charge in [-0.3, -0.25) is 0 Å². The first-order valence-corrected chi connectivity index (χ1v) is 5.99. The number of nitrogens with zero attached hydrogens (tertiary/aromatic N) is 2. The fourth-order valence-electron chi connectivity index (χ4n) is 1.58. The molecule has 0 fully saturated rings. The molecular weight excluding hydrogens is 266 g/mol. The van der Waals surface area contributed by atoms with E-state index >= 15 is 0 Å². The van der Waals surface area contributed by atoms with Crippen LogP contribution in [-0.4, -0.2) is 21.0 Å². The van der Waals surface area contributed by atoms with E-state index in [1.807, 2.05) is 6.92 Å². The molecule has 0 amide bonds. The Kier molecular flexibility index (Phi) is 3.97. The average molecular weight is 278 g/mol. The highest BCUT2D eigenvalue weighted by atomic mass is 35.5. The summed E-state index contributed by atoms with van der Waals surface area (Å²) in [7, 11) is 0. The second-order valence-electron chi connectivity index (χ2n) is 3.95. The van der Waals surface area contributed by atoms with E-state index < -0.39 is 5.97 Å². The van der Waals surface area contributed by atoms with Crippen LogP contribution in [0.15, 0.2) is 30.5 Å². The van der Waals surface area contributed by atoms with E-state index in [0.29, 0.717) is 23.1 Å². The van der Waals surface area contributed by atoms with Crippen LogP contribution in [0.3, 0.4) is 0 Å². The molecule has 98 valence electrons. The van der Waals surface area contributed by atoms with Gasteiger partial charge in [0.25, 0.3) is 0 Å².